The molecule has 0 bridgehead atoms. The molecule has 1 aliphatic carbocycles. The van der Waals surface area contributed by atoms with E-state index in [1.165, 1.54) is 6.42 Å². The van der Waals surface area contributed by atoms with Gasteiger partial charge in [-0.2, -0.15) is 5.26 Å². The van der Waals surface area contributed by atoms with Crippen molar-refractivity contribution in [2.24, 2.45) is 5.92 Å². The molecule has 1 saturated carbocycles. The molecule has 4 nitrogen and oxygen atoms in total. The number of rotatable bonds is 5. The molecule has 1 rings (SSSR count). The summed E-state index contributed by atoms with van der Waals surface area (Å²) in [5.74, 6) is 0.262. The Morgan fingerprint density at radius 1 is 1.28 bits per heavy atom. The van der Waals surface area contributed by atoms with Crippen LogP contribution in [0, 0.1) is 17.2 Å². The van der Waals surface area contributed by atoms with Gasteiger partial charge in [0, 0.05) is 19.1 Å². The first kappa shape index (κ1) is 15.0. The molecule has 2 unspecified atom stereocenters. The van der Waals surface area contributed by atoms with Crippen molar-refractivity contribution in [1.29, 1.82) is 5.26 Å². The molecular formula is C14H25N3O. The summed E-state index contributed by atoms with van der Waals surface area (Å²) in [7, 11) is 1.97. The largest absolute Gasteiger partial charge is 0.342 e. The van der Waals surface area contributed by atoms with Gasteiger partial charge in [-0.1, -0.05) is 12.8 Å². The van der Waals surface area contributed by atoms with E-state index in [0.29, 0.717) is 6.54 Å². The second kappa shape index (κ2) is 7.38. The number of hydrogen-bond donors (Lipinski definition) is 0. The third-order valence-corrected chi connectivity index (χ3v) is 3.96. The van der Waals surface area contributed by atoms with E-state index in [2.05, 4.69) is 11.0 Å². The number of hydrogen-bond acceptors (Lipinski definition) is 3. The fourth-order valence-corrected chi connectivity index (χ4v) is 2.80. The van der Waals surface area contributed by atoms with E-state index >= 15 is 0 Å². The van der Waals surface area contributed by atoms with Gasteiger partial charge in [-0.15, -0.1) is 0 Å². The minimum absolute atomic E-state index is 0.0910. The molecule has 0 N–H and O–H groups in total. The smallest absolute Gasteiger partial charge is 0.236 e. The summed E-state index contributed by atoms with van der Waals surface area (Å²) in [6.45, 7) is 5.95. The van der Waals surface area contributed by atoms with E-state index in [1.54, 1.807) is 0 Å². The van der Waals surface area contributed by atoms with Gasteiger partial charge < -0.3 is 4.90 Å². The zero-order valence-corrected chi connectivity index (χ0v) is 11.9. The van der Waals surface area contributed by atoms with Crippen LogP contribution in [0.4, 0.5) is 0 Å². The molecule has 0 spiro atoms. The minimum atomic E-state index is 0.0910. The van der Waals surface area contributed by atoms with Gasteiger partial charge >= 0.3 is 0 Å². The Morgan fingerprint density at radius 2 is 1.89 bits per heavy atom. The Hall–Kier alpha value is -1.08. The van der Waals surface area contributed by atoms with Crippen molar-refractivity contribution in [2.45, 2.75) is 45.6 Å². The molecular weight excluding hydrogens is 226 g/mol. The van der Waals surface area contributed by atoms with E-state index in [9.17, 15) is 10.1 Å². The first-order chi connectivity index (χ1) is 8.63. The maximum absolute atomic E-state index is 12.1. The lowest BCUT2D eigenvalue weighted by molar-refractivity contribution is -0.132. The molecule has 4 heteroatoms. The average Bonchev–Trinajstić information content (AvgIpc) is 2.40. The molecule has 102 valence electrons. The Morgan fingerprint density at radius 3 is 2.44 bits per heavy atom. The van der Waals surface area contributed by atoms with Crippen molar-refractivity contribution in [3.05, 3.63) is 0 Å². The zero-order valence-electron chi connectivity index (χ0n) is 11.9. The highest BCUT2D eigenvalue weighted by molar-refractivity contribution is 5.78. The summed E-state index contributed by atoms with van der Waals surface area (Å²) in [6.07, 6.45) is 4.34. The van der Waals surface area contributed by atoms with Gasteiger partial charge in [0.15, 0.2) is 0 Å². The summed E-state index contributed by atoms with van der Waals surface area (Å²) in [5.41, 5.74) is 0. The van der Waals surface area contributed by atoms with E-state index in [1.807, 2.05) is 25.8 Å². The van der Waals surface area contributed by atoms with E-state index < -0.39 is 0 Å². The van der Waals surface area contributed by atoms with Crippen LogP contribution in [0.3, 0.4) is 0 Å². The summed E-state index contributed by atoms with van der Waals surface area (Å²) in [6, 6.07) is 2.65. The van der Waals surface area contributed by atoms with Crippen molar-refractivity contribution in [3.8, 4) is 6.07 Å². The average molecular weight is 251 g/mol. The molecule has 0 aromatic rings. The lowest BCUT2D eigenvalue weighted by atomic mass is 9.84. The molecule has 0 aliphatic heterocycles. The molecule has 0 radical (unpaired) electrons. The summed E-state index contributed by atoms with van der Waals surface area (Å²) in [5, 5.41) is 9.17. The summed E-state index contributed by atoms with van der Waals surface area (Å²) in [4.78, 5) is 16.0. The van der Waals surface area contributed by atoms with E-state index in [-0.39, 0.29) is 17.9 Å². The molecule has 1 fully saturated rings. The van der Waals surface area contributed by atoms with Crippen molar-refractivity contribution < 1.29 is 4.79 Å². The van der Waals surface area contributed by atoms with Gasteiger partial charge in [0.2, 0.25) is 5.91 Å². The second-order valence-corrected chi connectivity index (χ2v) is 5.07. The lowest BCUT2D eigenvalue weighted by Gasteiger charge is -2.35. The van der Waals surface area contributed by atoms with Crippen molar-refractivity contribution >= 4 is 5.91 Å². The van der Waals surface area contributed by atoms with E-state index in [4.69, 9.17) is 0 Å². The monoisotopic (exact) mass is 251 g/mol. The highest BCUT2D eigenvalue weighted by atomic mass is 16.2. The maximum Gasteiger partial charge on any atom is 0.236 e. The van der Waals surface area contributed by atoms with Crippen LogP contribution in [0.2, 0.25) is 0 Å². The topological polar surface area (TPSA) is 47.3 Å². The molecule has 18 heavy (non-hydrogen) atoms. The van der Waals surface area contributed by atoms with Gasteiger partial charge in [0.1, 0.15) is 0 Å². The predicted octanol–water partition coefficient (Wildman–Crippen LogP) is 1.87. The quantitative estimate of drug-likeness (QED) is 0.749. The zero-order chi connectivity index (χ0) is 13.5. The molecule has 0 heterocycles. The normalized spacial score (nSPS) is 23.7. The Bertz CT molecular complexity index is 307. The number of likely N-dealkylation sites (N-methyl/N-ethyl adjacent to an activating group) is 2. The number of carbonyl (C=O) groups is 1. The fraction of sp³-hybridized carbons (Fsp3) is 0.857. The summed E-state index contributed by atoms with van der Waals surface area (Å²) >= 11 is 0. The predicted molar refractivity (Wildman–Crippen MR) is 71.9 cm³/mol. The maximum atomic E-state index is 12.1. The highest BCUT2D eigenvalue weighted by Gasteiger charge is 2.29. The van der Waals surface area contributed by atoms with Crippen LogP contribution in [0.5, 0.6) is 0 Å². The molecule has 0 aromatic carbocycles. The summed E-state index contributed by atoms with van der Waals surface area (Å²) < 4.78 is 0. The van der Waals surface area contributed by atoms with Crippen molar-refractivity contribution in [1.82, 2.24) is 9.80 Å². The molecule has 1 aliphatic rings. The third-order valence-electron chi connectivity index (χ3n) is 3.96. The standard InChI is InChI=1S/C14H25N3O/c1-4-17(5-2)14(18)11-16(3)13-9-7-6-8-12(13)10-15/h12-13H,4-9,11H2,1-3H3. The van der Waals surface area contributed by atoms with Crippen LogP contribution in [0.15, 0.2) is 0 Å². The number of nitrogens with zero attached hydrogens (tertiary/aromatic N) is 3. The number of amides is 1. The van der Waals surface area contributed by atoms with Crippen LogP contribution >= 0.6 is 0 Å². The first-order valence-electron chi connectivity index (χ1n) is 7.01. The van der Waals surface area contributed by atoms with Crippen LogP contribution in [0.1, 0.15) is 39.5 Å². The van der Waals surface area contributed by atoms with Crippen LogP contribution in [-0.4, -0.2) is 48.4 Å². The Labute approximate surface area is 111 Å². The fourth-order valence-electron chi connectivity index (χ4n) is 2.80. The lowest BCUT2D eigenvalue weighted by Crippen LogP contribution is -2.46. The number of nitriles is 1. The van der Waals surface area contributed by atoms with Gasteiger partial charge in [0.25, 0.3) is 0 Å². The Balaban J connectivity index is 2.55. The van der Waals surface area contributed by atoms with Gasteiger partial charge in [-0.3, -0.25) is 9.69 Å². The second-order valence-electron chi connectivity index (χ2n) is 5.07. The SMILES string of the molecule is CCN(CC)C(=O)CN(C)C1CCCCC1C#N. The van der Waals surface area contributed by atoms with Crippen LogP contribution < -0.4 is 0 Å². The third kappa shape index (κ3) is 3.71. The van der Waals surface area contributed by atoms with Crippen molar-refractivity contribution in [2.75, 3.05) is 26.7 Å². The van der Waals surface area contributed by atoms with Crippen LogP contribution in [-0.2, 0) is 4.79 Å². The van der Waals surface area contributed by atoms with Crippen LogP contribution in [0.25, 0.3) is 0 Å². The minimum Gasteiger partial charge on any atom is -0.342 e. The molecule has 0 aromatic heterocycles. The van der Waals surface area contributed by atoms with Gasteiger partial charge in [-0.25, -0.2) is 0 Å². The van der Waals surface area contributed by atoms with Crippen molar-refractivity contribution in [3.63, 3.8) is 0 Å². The van der Waals surface area contributed by atoms with Gasteiger partial charge in [0.05, 0.1) is 18.5 Å². The Kier molecular flexibility index (Phi) is 6.14. The molecule has 2 atom stereocenters. The number of carbonyl (C=O) groups excluding carboxylic acids is 1. The first-order valence-corrected chi connectivity index (χ1v) is 7.01. The van der Waals surface area contributed by atoms with E-state index in [0.717, 1.165) is 32.4 Å². The molecule has 1 amide bonds. The highest BCUT2D eigenvalue weighted by Crippen LogP contribution is 2.27. The molecule has 0 saturated heterocycles. The van der Waals surface area contributed by atoms with Gasteiger partial charge in [-0.05, 0) is 33.7 Å².